The van der Waals surface area contributed by atoms with Crippen LogP contribution in [0.1, 0.15) is 0 Å². The molecule has 2 aromatic heterocycles. The van der Waals surface area contributed by atoms with E-state index in [1.807, 2.05) is 36.4 Å². The second kappa shape index (κ2) is 13.6. The molecule has 11 aromatic rings. The highest BCUT2D eigenvalue weighted by Gasteiger charge is 2.21. The Morgan fingerprint density at radius 2 is 1.04 bits per heavy atom. The van der Waals surface area contributed by atoms with Gasteiger partial charge >= 0.3 is 0 Å². The number of anilines is 3. The normalized spacial score (nSPS) is 11.5. The summed E-state index contributed by atoms with van der Waals surface area (Å²) >= 11 is 0. The molecular weight excluding hydrogens is 695 g/mol. The molecule has 0 radical (unpaired) electrons. The van der Waals surface area contributed by atoms with Gasteiger partial charge in [-0.2, -0.15) is 0 Å². The molecule has 2 heterocycles. The number of hydrogen-bond donors (Lipinski definition) is 0. The summed E-state index contributed by atoms with van der Waals surface area (Å²) in [7, 11) is 0. The summed E-state index contributed by atoms with van der Waals surface area (Å²) in [6.45, 7) is 0. The summed E-state index contributed by atoms with van der Waals surface area (Å²) in [5, 5.41) is 4.89. The molecule has 268 valence electrons. The van der Waals surface area contributed by atoms with Crippen LogP contribution in [0.25, 0.3) is 83.1 Å². The van der Waals surface area contributed by atoms with Gasteiger partial charge in [-0.25, -0.2) is 4.98 Å². The fourth-order valence-corrected chi connectivity index (χ4v) is 8.35. The minimum Gasteiger partial charge on any atom is -0.435 e. The second-order valence-corrected chi connectivity index (χ2v) is 14.4. The first-order chi connectivity index (χ1) is 28.3. The molecule has 0 aliphatic heterocycles. The van der Waals surface area contributed by atoms with E-state index in [4.69, 9.17) is 9.40 Å². The molecule has 0 saturated heterocycles. The Bertz CT molecular complexity index is 3240. The molecule has 0 amide bonds. The maximum Gasteiger partial charge on any atom is 0.227 e. The molecule has 57 heavy (non-hydrogen) atoms. The van der Waals surface area contributed by atoms with E-state index in [1.165, 1.54) is 32.6 Å². The summed E-state index contributed by atoms with van der Waals surface area (Å²) in [6, 6.07) is 75.3. The van der Waals surface area contributed by atoms with E-state index < -0.39 is 0 Å². The van der Waals surface area contributed by atoms with Crippen LogP contribution < -0.4 is 4.90 Å². The number of benzene rings is 9. The highest BCUT2D eigenvalue weighted by Crippen LogP contribution is 2.43. The molecular formula is C53H35N3O. The van der Waals surface area contributed by atoms with Crippen LogP contribution in [0.2, 0.25) is 0 Å². The third-order valence-electron chi connectivity index (χ3n) is 11.0. The molecule has 0 bridgehead atoms. The van der Waals surface area contributed by atoms with Crippen LogP contribution in [0.3, 0.4) is 0 Å². The first-order valence-corrected chi connectivity index (χ1v) is 19.3. The standard InChI is InChI=1S/C53H35N3O/c1-4-15-36(16-5-1)39-20-12-24-42(33-39)55(43-25-13-21-40(34-43)46-27-14-28-49-52(46)57-53(54-49)38-18-6-2-7-19-38)44-30-32-47-48-31-29-37-17-10-11-26-45(37)51(48)56(50(47)35-44)41-22-8-3-9-23-41/h1-35H. The minimum atomic E-state index is 0.614. The van der Waals surface area contributed by atoms with E-state index in [0.717, 1.165) is 61.6 Å². The molecule has 0 spiro atoms. The monoisotopic (exact) mass is 729 g/mol. The van der Waals surface area contributed by atoms with E-state index >= 15 is 0 Å². The van der Waals surface area contributed by atoms with Gasteiger partial charge in [0.15, 0.2) is 5.58 Å². The highest BCUT2D eigenvalue weighted by atomic mass is 16.3. The van der Waals surface area contributed by atoms with Gasteiger partial charge in [0.05, 0.1) is 11.0 Å². The molecule has 0 aliphatic carbocycles. The topological polar surface area (TPSA) is 34.2 Å². The number of rotatable bonds is 7. The van der Waals surface area contributed by atoms with Gasteiger partial charge in [0, 0.05) is 50.0 Å². The SMILES string of the molecule is c1ccc(-c2cccc(N(c3cccc(-c4cccc5nc(-c6ccccc6)oc45)c3)c3ccc4c5ccc6ccccc6c5n(-c5ccccc5)c4c3)c2)cc1. The van der Waals surface area contributed by atoms with Crippen LogP contribution in [-0.2, 0) is 0 Å². The lowest BCUT2D eigenvalue weighted by Gasteiger charge is -2.27. The molecule has 0 atom stereocenters. The first-order valence-electron chi connectivity index (χ1n) is 19.3. The van der Waals surface area contributed by atoms with E-state index in [2.05, 4.69) is 185 Å². The van der Waals surface area contributed by atoms with Crippen LogP contribution in [0, 0.1) is 0 Å². The average Bonchev–Trinajstić information content (AvgIpc) is 3.88. The Kier molecular flexibility index (Phi) is 7.78. The molecule has 4 nitrogen and oxygen atoms in total. The Morgan fingerprint density at radius 3 is 1.82 bits per heavy atom. The Balaban J connectivity index is 1.14. The van der Waals surface area contributed by atoms with Gasteiger partial charge < -0.3 is 13.9 Å². The molecule has 0 aliphatic rings. The number of oxazole rings is 1. The molecule has 9 aromatic carbocycles. The van der Waals surface area contributed by atoms with Crippen LogP contribution in [0.4, 0.5) is 17.1 Å². The number of aromatic nitrogens is 2. The molecule has 0 fully saturated rings. The number of para-hydroxylation sites is 2. The lowest BCUT2D eigenvalue weighted by molar-refractivity contribution is 0.621. The van der Waals surface area contributed by atoms with Crippen LogP contribution in [0.5, 0.6) is 0 Å². The molecule has 11 rings (SSSR count). The predicted octanol–water partition coefficient (Wildman–Crippen LogP) is 14.5. The minimum absolute atomic E-state index is 0.614. The van der Waals surface area contributed by atoms with Gasteiger partial charge in [0.1, 0.15) is 5.52 Å². The Labute approximate surface area is 330 Å². The zero-order chi connectivity index (χ0) is 37.7. The van der Waals surface area contributed by atoms with Crippen molar-refractivity contribution in [3.05, 3.63) is 212 Å². The highest BCUT2D eigenvalue weighted by molar-refractivity contribution is 6.19. The summed E-state index contributed by atoms with van der Waals surface area (Å²) < 4.78 is 8.94. The fraction of sp³-hybridized carbons (Fsp3) is 0. The molecule has 4 heteroatoms. The zero-order valence-electron chi connectivity index (χ0n) is 31.0. The Morgan fingerprint density at radius 1 is 0.421 bits per heavy atom. The van der Waals surface area contributed by atoms with Gasteiger partial charge in [0.25, 0.3) is 0 Å². The summed E-state index contributed by atoms with van der Waals surface area (Å²) in [6.07, 6.45) is 0. The van der Waals surface area contributed by atoms with Crippen molar-refractivity contribution in [3.63, 3.8) is 0 Å². The van der Waals surface area contributed by atoms with E-state index in [9.17, 15) is 0 Å². The second-order valence-electron chi connectivity index (χ2n) is 14.4. The number of hydrogen-bond acceptors (Lipinski definition) is 3. The van der Waals surface area contributed by atoms with Crippen LogP contribution >= 0.6 is 0 Å². The van der Waals surface area contributed by atoms with Crippen molar-refractivity contribution in [2.45, 2.75) is 0 Å². The van der Waals surface area contributed by atoms with Crippen LogP contribution in [0.15, 0.2) is 217 Å². The van der Waals surface area contributed by atoms with Crippen molar-refractivity contribution >= 4 is 60.7 Å². The van der Waals surface area contributed by atoms with Gasteiger partial charge in [-0.3, -0.25) is 0 Å². The summed E-state index contributed by atoms with van der Waals surface area (Å²) in [5.41, 5.74) is 13.5. The summed E-state index contributed by atoms with van der Waals surface area (Å²) in [5.74, 6) is 0.614. The third kappa shape index (κ3) is 5.66. The van der Waals surface area contributed by atoms with E-state index in [1.54, 1.807) is 0 Å². The van der Waals surface area contributed by atoms with Gasteiger partial charge in [0.2, 0.25) is 5.89 Å². The largest absolute Gasteiger partial charge is 0.435 e. The Hall–Kier alpha value is -7.69. The molecule has 0 N–H and O–H groups in total. The van der Waals surface area contributed by atoms with Crippen molar-refractivity contribution in [1.82, 2.24) is 9.55 Å². The van der Waals surface area contributed by atoms with Crippen LogP contribution in [-0.4, -0.2) is 9.55 Å². The number of nitrogens with zero attached hydrogens (tertiary/aromatic N) is 3. The first kappa shape index (κ1) is 32.7. The lowest BCUT2D eigenvalue weighted by Crippen LogP contribution is -2.10. The molecule has 0 unspecified atom stereocenters. The molecule has 0 saturated carbocycles. The van der Waals surface area contributed by atoms with Gasteiger partial charge in [-0.05, 0) is 88.8 Å². The van der Waals surface area contributed by atoms with Gasteiger partial charge in [-0.15, -0.1) is 0 Å². The average molecular weight is 730 g/mol. The number of fused-ring (bicyclic) bond motifs is 6. The van der Waals surface area contributed by atoms with Gasteiger partial charge in [-0.1, -0.05) is 146 Å². The van der Waals surface area contributed by atoms with Crippen molar-refractivity contribution < 1.29 is 4.42 Å². The van der Waals surface area contributed by atoms with Crippen molar-refractivity contribution in [3.8, 4) is 39.4 Å². The lowest BCUT2D eigenvalue weighted by atomic mass is 10.0. The van der Waals surface area contributed by atoms with Crippen molar-refractivity contribution in [1.29, 1.82) is 0 Å². The maximum atomic E-state index is 6.51. The predicted molar refractivity (Wildman–Crippen MR) is 237 cm³/mol. The summed E-state index contributed by atoms with van der Waals surface area (Å²) in [4.78, 5) is 7.25. The van der Waals surface area contributed by atoms with Crippen molar-refractivity contribution in [2.75, 3.05) is 4.90 Å². The third-order valence-corrected chi connectivity index (χ3v) is 11.0. The van der Waals surface area contributed by atoms with E-state index in [0.29, 0.717) is 5.89 Å². The fourth-order valence-electron chi connectivity index (χ4n) is 8.35. The van der Waals surface area contributed by atoms with Crippen molar-refractivity contribution in [2.24, 2.45) is 0 Å². The smallest absolute Gasteiger partial charge is 0.227 e. The quantitative estimate of drug-likeness (QED) is 0.164. The maximum absolute atomic E-state index is 6.51. The zero-order valence-corrected chi connectivity index (χ0v) is 31.0. The van der Waals surface area contributed by atoms with E-state index in [-0.39, 0.29) is 0 Å².